The lowest BCUT2D eigenvalue weighted by Crippen LogP contribution is -2.30. The zero-order chi connectivity index (χ0) is 13.2. The predicted octanol–water partition coefficient (Wildman–Crippen LogP) is 4.07. The maximum atomic E-state index is 5.50. The van der Waals surface area contributed by atoms with Gasteiger partial charge >= 0.3 is 0 Å². The highest BCUT2D eigenvalue weighted by Gasteiger charge is 2.27. The normalized spacial score (nSPS) is 13.6. The van der Waals surface area contributed by atoms with Crippen molar-refractivity contribution in [2.24, 2.45) is 5.41 Å². The zero-order valence-corrected chi connectivity index (χ0v) is 13.1. The molecule has 17 heavy (non-hydrogen) atoms. The highest BCUT2D eigenvalue weighted by atomic mass is 79.9. The summed E-state index contributed by atoms with van der Waals surface area (Å²) in [6.45, 7) is 8.74. The molecule has 0 aliphatic heterocycles. The van der Waals surface area contributed by atoms with Crippen LogP contribution in [0, 0.1) is 12.3 Å². The Balaban J connectivity index is 3.32. The molecule has 0 saturated carbocycles. The summed E-state index contributed by atoms with van der Waals surface area (Å²) in [5, 5.41) is 3.38. The number of methoxy groups -OCH3 is 1. The molecular formula is C14H22BrNO. The molecule has 0 aliphatic carbocycles. The molecule has 0 heterocycles. The van der Waals surface area contributed by atoms with Crippen LogP contribution in [0.2, 0.25) is 0 Å². The van der Waals surface area contributed by atoms with Gasteiger partial charge in [-0.3, -0.25) is 0 Å². The molecule has 1 aromatic carbocycles. The third kappa shape index (κ3) is 3.23. The Morgan fingerprint density at radius 3 is 2.29 bits per heavy atom. The molecule has 0 spiro atoms. The Bertz CT molecular complexity index is 396. The van der Waals surface area contributed by atoms with E-state index in [9.17, 15) is 0 Å². The lowest BCUT2D eigenvalue weighted by molar-refractivity contribution is 0.277. The summed E-state index contributed by atoms with van der Waals surface area (Å²) in [5.41, 5.74) is 2.52. The van der Waals surface area contributed by atoms with Crippen molar-refractivity contribution in [2.75, 3.05) is 14.2 Å². The van der Waals surface area contributed by atoms with E-state index in [4.69, 9.17) is 4.74 Å². The van der Waals surface area contributed by atoms with Crippen LogP contribution in [-0.2, 0) is 0 Å². The Hall–Kier alpha value is -0.540. The van der Waals surface area contributed by atoms with E-state index in [2.05, 4.69) is 61.1 Å². The molecule has 0 aromatic heterocycles. The Kier molecular flexibility index (Phi) is 4.62. The summed E-state index contributed by atoms with van der Waals surface area (Å²) in [7, 11) is 3.71. The fraction of sp³-hybridized carbons (Fsp3) is 0.571. The minimum atomic E-state index is 0.136. The molecule has 0 saturated heterocycles. The van der Waals surface area contributed by atoms with Crippen molar-refractivity contribution in [1.29, 1.82) is 0 Å². The maximum Gasteiger partial charge on any atom is 0.123 e. The van der Waals surface area contributed by atoms with Crippen molar-refractivity contribution in [2.45, 2.75) is 33.7 Å². The Morgan fingerprint density at radius 2 is 1.88 bits per heavy atom. The van der Waals surface area contributed by atoms with E-state index in [0.29, 0.717) is 0 Å². The monoisotopic (exact) mass is 299 g/mol. The summed E-state index contributed by atoms with van der Waals surface area (Å²) in [4.78, 5) is 0. The van der Waals surface area contributed by atoms with Crippen LogP contribution in [0.3, 0.4) is 0 Å². The average Bonchev–Trinajstić information content (AvgIpc) is 2.21. The van der Waals surface area contributed by atoms with Crippen LogP contribution in [-0.4, -0.2) is 14.2 Å². The molecule has 3 heteroatoms. The van der Waals surface area contributed by atoms with Crippen molar-refractivity contribution in [3.05, 3.63) is 27.7 Å². The van der Waals surface area contributed by atoms with Crippen molar-refractivity contribution in [1.82, 2.24) is 5.32 Å². The lowest BCUT2D eigenvalue weighted by Gasteiger charge is -2.32. The molecule has 2 nitrogen and oxygen atoms in total. The first-order valence-electron chi connectivity index (χ1n) is 5.82. The van der Waals surface area contributed by atoms with Gasteiger partial charge in [-0.2, -0.15) is 0 Å². The fourth-order valence-electron chi connectivity index (χ4n) is 2.13. The highest BCUT2D eigenvalue weighted by molar-refractivity contribution is 9.10. The number of ether oxygens (including phenoxy) is 1. The second-order valence-electron chi connectivity index (χ2n) is 5.43. The van der Waals surface area contributed by atoms with Crippen LogP contribution in [0.25, 0.3) is 0 Å². The standard InChI is InChI=1S/C14H22BrNO/c1-9-7-12(17-6)10(8-11(9)15)13(16-5)14(2,3)4/h7-8,13,16H,1-6H3. The van der Waals surface area contributed by atoms with Crippen LogP contribution >= 0.6 is 15.9 Å². The van der Waals surface area contributed by atoms with Gasteiger partial charge in [0.25, 0.3) is 0 Å². The van der Waals surface area contributed by atoms with E-state index in [0.717, 1.165) is 10.2 Å². The maximum absolute atomic E-state index is 5.50. The van der Waals surface area contributed by atoms with Crippen LogP contribution in [0.5, 0.6) is 5.75 Å². The van der Waals surface area contributed by atoms with Gasteiger partial charge in [-0.25, -0.2) is 0 Å². The summed E-state index contributed by atoms with van der Waals surface area (Å²) >= 11 is 3.59. The first kappa shape index (κ1) is 14.5. The van der Waals surface area contributed by atoms with Crippen molar-refractivity contribution >= 4 is 15.9 Å². The van der Waals surface area contributed by atoms with E-state index in [1.165, 1.54) is 11.1 Å². The van der Waals surface area contributed by atoms with E-state index < -0.39 is 0 Å². The number of aryl methyl sites for hydroxylation is 1. The highest BCUT2D eigenvalue weighted by Crippen LogP contribution is 2.39. The van der Waals surface area contributed by atoms with Crippen LogP contribution in [0.1, 0.15) is 37.9 Å². The quantitative estimate of drug-likeness (QED) is 0.908. The van der Waals surface area contributed by atoms with Crippen molar-refractivity contribution in [3.8, 4) is 5.75 Å². The van der Waals surface area contributed by atoms with Gasteiger partial charge in [0, 0.05) is 16.1 Å². The SMILES string of the molecule is CNC(c1cc(Br)c(C)cc1OC)C(C)(C)C. The van der Waals surface area contributed by atoms with Gasteiger partial charge in [0.1, 0.15) is 5.75 Å². The first-order chi connectivity index (χ1) is 7.81. The van der Waals surface area contributed by atoms with Gasteiger partial charge < -0.3 is 10.1 Å². The number of rotatable bonds is 3. The lowest BCUT2D eigenvalue weighted by atomic mass is 9.82. The van der Waals surface area contributed by atoms with Gasteiger partial charge in [-0.05, 0) is 37.1 Å². The number of halogens is 1. The molecular weight excluding hydrogens is 278 g/mol. The summed E-state index contributed by atoms with van der Waals surface area (Å²) in [6.07, 6.45) is 0. The molecule has 1 rings (SSSR count). The fourth-order valence-corrected chi connectivity index (χ4v) is 2.49. The molecule has 0 bridgehead atoms. The van der Waals surface area contributed by atoms with Crippen LogP contribution < -0.4 is 10.1 Å². The molecule has 1 unspecified atom stereocenters. The third-order valence-electron chi connectivity index (χ3n) is 2.98. The van der Waals surface area contributed by atoms with Crippen molar-refractivity contribution in [3.63, 3.8) is 0 Å². The average molecular weight is 300 g/mol. The predicted molar refractivity (Wildman–Crippen MR) is 76.7 cm³/mol. The topological polar surface area (TPSA) is 21.3 Å². The zero-order valence-electron chi connectivity index (χ0n) is 11.5. The van der Waals surface area contributed by atoms with Gasteiger partial charge in [0.2, 0.25) is 0 Å². The molecule has 1 N–H and O–H groups in total. The number of hydrogen-bond acceptors (Lipinski definition) is 2. The molecule has 0 aliphatic rings. The van der Waals surface area contributed by atoms with Gasteiger partial charge in [0.15, 0.2) is 0 Å². The van der Waals surface area contributed by atoms with Gasteiger partial charge in [0.05, 0.1) is 7.11 Å². The Labute approximate surface area is 113 Å². The van der Waals surface area contributed by atoms with Crippen LogP contribution in [0.4, 0.5) is 0 Å². The van der Waals surface area contributed by atoms with E-state index in [1.54, 1.807) is 7.11 Å². The first-order valence-corrected chi connectivity index (χ1v) is 6.62. The van der Waals surface area contributed by atoms with E-state index in [-0.39, 0.29) is 11.5 Å². The Morgan fingerprint density at radius 1 is 1.29 bits per heavy atom. The smallest absolute Gasteiger partial charge is 0.123 e. The van der Waals surface area contributed by atoms with E-state index in [1.807, 2.05) is 7.05 Å². The molecule has 0 amide bonds. The minimum absolute atomic E-state index is 0.136. The van der Waals surface area contributed by atoms with Crippen LogP contribution in [0.15, 0.2) is 16.6 Å². The summed E-state index contributed by atoms with van der Waals surface area (Å²) in [5.74, 6) is 0.944. The number of nitrogens with one attached hydrogen (secondary N) is 1. The largest absolute Gasteiger partial charge is 0.496 e. The minimum Gasteiger partial charge on any atom is -0.496 e. The molecule has 1 atom stereocenters. The molecule has 0 radical (unpaired) electrons. The van der Waals surface area contributed by atoms with Gasteiger partial charge in [-0.15, -0.1) is 0 Å². The van der Waals surface area contributed by atoms with E-state index >= 15 is 0 Å². The molecule has 96 valence electrons. The second kappa shape index (κ2) is 5.40. The molecule has 1 aromatic rings. The summed E-state index contributed by atoms with van der Waals surface area (Å²) in [6, 6.07) is 4.49. The number of hydrogen-bond donors (Lipinski definition) is 1. The third-order valence-corrected chi connectivity index (χ3v) is 3.83. The summed E-state index contributed by atoms with van der Waals surface area (Å²) < 4.78 is 6.62. The van der Waals surface area contributed by atoms with Gasteiger partial charge in [-0.1, -0.05) is 36.7 Å². The molecule has 0 fully saturated rings. The second-order valence-corrected chi connectivity index (χ2v) is 6.29. The van der Waals surface area contributed by atoms with Crippen molar-refractivity contribution < 1.29 is 4.74 Å². The number of benzene rings is 1.